The van der Waals surface area contributed by atoms with Crippen LogP contribution in [0.25, 0.3) is 0 Å². The number of piperidine rings is 1. The number of carboxylic acids is 1. The number of carboxylic acid groups (broad SMARTS) is 1. The lowest BCUT2D eigenvalue weighted by Crippen LogP contribution is -2.52. The highest BCUT2D eigenvalue weighted by Gasteiger charge is 2.39. The average Bonchev–Trinajstić information content (AvgIpc) is 2.68. The minimum Gasteiger partial charge on any atom is -0.481 e. The minimum absolute atomic E-state index is 0.00397. The van der Waals surface area contributed by atoms with Crippen molar-refractivity contribution in [2.45, 2.75) is 43.8 Å². The van der Waals surface area contributed by atoms with Crippen LogP contribution in [0.4, 0.5) is 0 Å². The molecule has 1 N–H and O–H groups in total. The van der Waals surface area contributed by atoms with E-state index in [1.54, 1.807) is 4.90 Å². The number of likely N-dealkylation sites (tertiary alicyclic amines) is 1. The van der Waals surface area contributed by atoms with Crippen LogP contribution in [0, 0.1) is 11.8 Å². The van der Waals surface area contributed by atoms with Crippen molar-refractivity contribution in [3.63, 3.8) is 0 Å². The molecule has 1 amide bonds. The summed E-state index contributed by atoms with van der Waals surface area (Å²) in [5.74, 6) is -1.31. The first-order valence-corrected chi connectivity index (χ1v) is 11.0. The quantitative estimate of drug-likeness (QED) is 0.753. The Morgan fingerprint density at radius 3 is 2.15 bits per heavy atom. The Morgan fingerprint density at radius 1 is 0.923 bits per heavy atom. The van der Waals surface area contributed by atoms with Gasteiger partial charge in [-0.2, -0.15) is 4.31 Å². The summed E-state index contributed by atoms with van der Waals surface area (Å²) in [7, 11) is -3.42. The molecule has 0 spiro atoms. The SMILES string of the molecule is O=C(O)C1CCC(C(=O)N2CCCC(S(=O)(=O)N3CCOCC3)C2)CC1. The Kier molecular flexibility index (Phi) is 6.19. The first kappa shape index (κ1) is 19.6. The van der Waals surface area contributed by atoms with Gasteiger partial charge >= 0.3 is 5.97 Å². The third-order valence-corrected chi connectivity index (χ3v) is 8.18. The van der Waals surface area contributed by atoms with Crippen molar-refractivity contribution in [3.05, 3.63) is 0 Å². The largest absolute Gasteiger partial charge is 0.481 e. The van der Waals surface area contributed by atoms with Crippen LogP contribution in [0.15, 0.2) is 0 Å². The van der Waals surface area contributed by atoms with Crippen molar-refractivity contribution < 1.29 is 27.9 Å². The van der Waals surface area contributed by atoms with Crippen molar-refractivity contribution in [2.24, 2.45) is 11.8 Å². The van der Waals surface area contributed by atoms with Gasteiger partial charge in [0.2, 0.25) is 15.9 Å². The molecule has 8 nitrogen and oxygen atoms in total. The lowest BCUT2D eigenvalue weighted by Gasteiger charge is -2.38. The highest BCUT2D eigenvalue weighted by molar-refractivity contribution is 7.89. The van der Waals surface area contributed by atoms with E-state index < -0.39 is 21.2 Å². The predicted octanol–water partition coefficient (Wildman–Crippen LogP) is 0.530. The maximum absolute atomic E-state index is 12.9. The minimum atomic E-state index is -3.42. The zero-order valence-corrected chi connectivity index (χ0v) is 15.8. The van der Waals surface area contributed by atoms with Crippen LogP contribution < -0.4 is 0 Å². The number of morpholine rings is 1. The molecule has 0 aromatic rings. The number of sulfonamides is 1. The summed E-state index contributed by atoms with van der Waals surface area (Å²) >= 11 is 0. The lowest BCUT2D eigenvalue weighted by molar-refractivity contribution is -0.145. The highest BCUT2D eigenvalue weighted by atomic mass is 32.2. The molecule has 26 heavy (non-hydrogen) atoms. The van der Waals surface area contributed by atoms with Gasteiger partial charge in [-0.3, -0.25) is 9.59 Å². The third-order valence-electron chi connectivity index (χ3n) is 5.87. The van der Waals surface area contributed by atoms with Crippen molar-refractivity contribution in [1.29, 1.82) is 0 Å². The second-order valence-electron chi connectivity index (χ2n) is 7.49. The molecule has 2 aliphatic heterocycles. The van der Waals surface area contributed by atoms with Crippen LogP contribution in [0.2, 0.25) is 0 Å². The van der Waals surface area contributed by atoms with Crippen LogP contribution in [0.3, 0.4) is 0 Å². The van der Waals surface area contributed by atoms with Crippen molar-refractivity contribution in [2.75, 3.05) is 39.4 Å². The van der Waals surface area contributed by atoms with E-state index in [4.69, 9.17) is 9.84 Å². The molecule has 0 bridgehead atoms. The Morgan fingerprint density at radius 2 is 1.54 bits per heavy atom. The molecule has 1 aliphatic carbocycles. The van der Waals surface area contributed by atoms with Gasteiger partial charge < -0.3 is 14.7 Å². The van der Waals surface area contributed by atoms with Crippen LogP contribution in [-0.4, -0.2) is 79.2 Å². The molecule has 3 fully saturated rings. The molecular weight excluding hydrogens is 360 g/mol. The monoisotopic (exact) mass is 388 g/mol. The van der Waals surface area contributed by atoms with Gasteiger partial charge in [0.05, 0.1) is 24.4 Å². The summed E-state index contributed by atoms with van der Waals surface area (Å²) in [5, 5.41) is 8.54. The predicted molar refractivity (Wildman–Crippen MR) is 94.0 cm³/mol. The number of nitrogens with zero attached hydrogens (tertiary/aromatic N) is 2. The number of rotatable bonds is 4. The van der Waals surface area contributed by atoms with Crippen molar-refractivity contribution in [1.82, 2.24) is 9.21 Å². The fraction of sp³-hybridized carbons (Fsp3) is 0.882. The van der Waals surface area contributed by atoms with Gasteiger partial charge in [0.15, 0.2) is 0 Å². The van der Waals surface area contributed by atoms with E-state index in [1.807, 2.05) is 0 Å². The molecular formula is C17H28N2O6S. The summed E-state index contributed by atoms with van der Waals surface area (Å²) in [5.41, 5.74) is 0. The van der Waals surface area contributed by atoms with Gasteiger partial charge in [-0.15, -0.1) is 0 Å². The average molecular weight is 388 g/mol. The first-order valence-electron chi connectivity index (χ1n) is 9.48. The maximum Gasteiger partial charge on any atom is 0.306 e. The van der Waals surface area contributed by atoms with E-state index >= 15 is 0 Å². The molecule has 0 radical (unpaired) electrons. The highest BCUT2D eigenvalue weighted by Crippen LogP contribution is 2.31. The molecule has 1 atom stereocenters. The van der Waals surface area contributed by atoms with Gasteiger partial charge in [0.1, 0.15) is 0 Å². The van der Waals surface area contributed by atoms with Gasteiger partial charge in [-0.1, -0.05) is 0 Å². The van der Waals surface area contributed by atoms with Gasteiger partial charge in [0, 0.05) is 32.1 Å². The number of hydrogen-bond donors (Lipinski definition) is 1. The van der Waals surface area contributed by atoms with E-state index in [9.17, 15) is 18.0 Å². The molecule has 1 saturated carbocycles. The topological polar surface area (TPSA) is 104 Å². The van der Waals surface area contributed by atoms with E-state index in [1.165, 1.54) is 4.31 Å². The summed E-state index contributed by atoms with van der Waals surface area (Å²) in [4.78, 5) is 25.6. The summed E-state index contributed by atoms with van der Waals surface area (Å²) < 4.78 is 32.5. The van der Waals surface area contributed by atoms with Gasteiger partial charge in [-0.25, -0.2) is 8.42 Å². The van der Waals surface area contributed by atoms with Crippen molar-refractivity contribution in [3.8, 4) is 0 Å². The summed E-state index contributed by atoms with van der Waals surface area (Å²) in [6, 6.07) is 0. The number of amides is 1. The molecule has 1 unspecified atom stereocenters. The smallest absolute Gasteiger partial charge is 0.306 e. The number of carbonyl (C=O) groups is 2. The summed E-state index contributed by atoms with van der Waals surface area (Å²) in [6.45, 7) is 2.44. The molecule has 9 heteroatoms. The Bertz CT molecular complexity index is 623. The molecule has 0 aromatic heterocycles. The second-order valence-corrected chi connectivity index (χ2v) is 9.70. The van der Waals surface area contributed by atoms with Crippen LogP contribution in [0.5, 0.6) is 0 Å². The van der Waals surface area contributed by atoms with E-state index in [-0.39, 0.29) is 24.3 Å². The summed E-state index contributed by atoms with van der Waals surface area (Å²) in [6.07, 6.45) is 3.46. The van der Waals surface area contributed by atoms with E-state index in [0.717, 1.165) is 0 Å². The Balaban J connectivity index is 1.59. The van der Waals surface area contributed by atoms with E-state index in [2.05, 4.69) is 0 Å². The number of carbonyl (C=O) groups excluding carboxylic acids is 1. The van der Waals surface area contributed by atoms with Gasteiger partial charge in [0.25, 0.3) is 0 Å². The van der Waals surface area contributed by atoms with Crippen LogP contribution in [-0.2, 0) is 24.3 Å². The van der Waals surface area contributed by atoms with Gasteiger partial charge in [-0.05, 0) is 38.5 Å². The standard InChI is InChI=1S/C17H28N2O6S/c20-16(13-3-5-14(6-4-13)17(21)22)18-7-1-2-15(12-18)26(23,24)19-8-10-25-11-9-19/h13-15H,1-12H2,(H,21,22). The fourth-order valence-corrected chi connectivity index (χ4v) is 6.15. The molecule has 3 aliphatic rings. The molecule has 0 aromatic carbocycles. The lowest BCUT2D eigenvalue weighted by atomic mass is 9.81. The number of ether oxygens (including phenoxy) is 1. The van der Waals surface area contributed by atoms with Crippen LogP contribution in [0.1, 0.15) is 38.5 Å². The third kappa shape index (κ3) is 4.20. The zero-order valence-electron chi connectivity index (χ0n) is 15.0. The van der Waals surface area contributed by atoms with E-state index in [0.29, 0.717) is 71.4 Å². The Labute approximate surface area is 154 Å². The Hall–Kier alpha value is -1.19. The number of hydrogen-bond acceptors (Lipinski definition) is 5. The normalized spacial score (nSPS) is 31.5. The van der Waals surface area contributed by atoms with Crippen molar-refractivity contribution >= 4 is 21.9 Å². The maximum atomic E-state index is 12.9. The first-order chi connectivity index (χ1) is 12.4. The zero-order chi connectivity index (χ0) is 18.7. The molecule has 148 valence electrons. The van der Waals surface area contributed by atoms with Crippen LogP contribution >= 0.6 is 0 Å². The molecule has 2 saturated heterocycles. The molecule has 2 heterocycles. The second kappa shape index (κ2) is 8.22. The molecule has 3 rings (SSSR count). The number of aliphatic carboxylic acids is 1. The fourth-order valence-electron chi connectivity index (χ4n) is 4.24.